The van der Waals surface area contributed by atoms with Crippen molar-refractivity contribution in [3.8, 4) is 5.75 Å². The average molecular weight is 183 g/mol. The largest absolute Gasteiger partial charge is 0.493 e. The Morgan fingerprint density at radius 1 is 1.38 bits per heavy atom. The Morgan fingerprint density at radius 3 is 2.77 bits per heavy atom. The molecule has 0 amide bonds. The van der Waals surface area contributed by atoms with E-state index in [2.05, 4.69) is 0 Å². The Hall–Kier alpha value is -1.09. The van der Waals surface area contributed by atoms with Gasteiger partial charge in [-0.2, -0.15) is 0 Å². The lowest BCUT2D eigenvalue weighted by Crippen LogP contribution is -2.00. The molecule has 0 heterocycles. The van der Waals surface area contributed by atoms with Crippen molar-refractivity contribution < 1.29 is 9.13 Å². The molecule has 0 aromatic heterocycles. The maximum absolute atomic E-state index is 12.9. The zero-order valence-electron chi connectivity index (χ0n) is 7.72. The Kier molecular flexibility index (Phi) is 3.71. The van der Waals surface area contributed by atoms with Crippen LogP contribution in [0.5, 0.6) is 5.75 Å². The topological polar surface area (TPSA) is 35.2 Å². The average Bonchev–Trinajstić information content (AvgIpc) is 2.14. The monoisotopic (exact) mass is 183 g/mol. The lowest BCUT2D eigenvalue weighted by molar-refractivity contribution is 0.315. The molecule has 0 radical (unpaired) electrons. The standard InChI is InChI=1S/C10H14FNO/c1-2-3-13-10-5-8(7-12)4-9(11)6-10/h4-6H,2-3,7,12H2,1H3. The van der Waals surface area contributed by atoms with Gasteiger partial charge in [-0.1, -0.05) is 6.92 Å². The molecule has 1 aromatic carbocycles. The van der Waals surface area contributed by atoms with Crippen LogP contribution in [0.15, 0.2) is 18.2 Å². The molecule has 0 aliphatic carbocycles. The summed E-state index contributed by atoms with van der Waals surface area (Å²) in [5, 5.41) is 0. The fourth-order valence-corrected chi connectivity index (χ4v) is 1.04. The minimum absolute atomic E-state index is 0.297. The number of nitrogens with two attached hydrogens (primary N) is 1. The Morgan fingerprint density at radius 2 is 2.15 bits per heavy atom. The van der Waals surface area contributed by atoms with Gasteiger partial charge < -0.3 is 10.5 Å². The van der Waals surface area contributed by atoms with Gasteiger partial charge in [0.2, 0.25) is 0 Å². The maximum atomic E-state index is 12.9. The quantitative estimate of drug-likeness (QED) is 0.775. The molecule has 0 spiro atoms. The predicted octanol–water partition coefficient (Wildman–Crippen LogP) is 2.07. The van der Waals surface area contributed by atoms with Gasteiger partial charge in [-0.15, -0.1) is 0 Å². The molecule has 0 atom stereocenters. The van der Waals surface area contributed by atoms with E-state index in [1.54, 1.807) is 6.07 Å². The summed E-state index contributed by atoms with van der Waals surface area (Å²) >= 11 is 0. The molecule has 1 aromatic rings. The van der Waals surface area contributed by atoms with Crippen LogP contribution in [0.1, 0.15) is 18.9 Å². The van der Waals surface area contributed by atoms with Crippen molar-refractivity contribution in [3.63, 3.8) is 0 Å². The Labute approximate surface area is 77.5 Å². The highest BCUT2D eigenvalue weighted by molar-refractivity contribution is 5.29. The van der Waals surface area contributed by atoms with Gasteiger partial charge in [-0.25, -0.2) is 4.39 Å². The molecule has 0 saturated carbocycles. The molecule has 2 N–H and O–H groups in total. The molecule has 72 valence electrons. The van der Waals surface area contributed by atoms with Crippen molar-refractivity contribution in [1.82, 2.24) is 0 Å². The summed E-state index contributed by atoms with van der Waals surface area (Å²) in [4.78, 5) is 0. The van der Waals surface area contributed by atoms with Crippen molar-refractivity contribution in [1.29, 1.82) is 0 Å². The zero-order valence-corrected chi connectivity index (χ0v) is 7.72. The molecule has 0 saturated heterocycles. The number of rotatable bonds is 4. The van der Waals surface area contributed by atoms with Crippen LogP contribution in [-0.4, -0.2) is 6.61 Å². The van der Waals surface area contributed by atoms with Gasteiger partial charge in [0.1, 0.15) is 11.6 Å². The van der Waals surface area contributed by atoms with Crippen LogP contribution < -0.4 is 10.5 Å². The third-order valence-corrected chi connectivity index (χ3v) is 1.64. The van der Waals surface area contributed by atoms with E-state index >= 15 is 0 Å². The van der Waals surface area contributed by atoms with Gasteiger partial charge >= 0.3 is 0 Å². The minimum atomic E-state index is -0.297. The number of hydrogen-bond acceptors (Lipinski definition) is 2. The molecule has 13 heavy (non-hydrogen) atoms. The molecule has 0 aliphatic heterocycles. The second-order valence-electron chi connectivity index (χ2n) is 2.85. The van der Waals surface area contributed by atoms with E-state index in [1.807, 2.05) is 6.92 Å². The summed E-state index contributed by atoms with van der Waals surface area (Å²) in [5.41, 5.74) is 6.15. The lowest BCUT2D eigenvalue weighted by atomic mass is 10.2. The Bertz CT molecular complexity index is 276. The van der Waals surface area contributed by atoms with Crippen LogP contribution in [0.2, 0.25) is 0 Å². The van der Waals surface area contributed by atoms with E-state index in [9.17, 15) is 4.39 Å². The molecule has 0 bridgehead atoms. The normalized spacial score (nSPS) is 10.1. The summed E-state index contributed by atoms with van der Waals surface area (Å²) in [6.45, 7) is 2.94. The van der Waals surface area contributed by atoms with Gasteiger partial charge in [0, 0.05) is 12.6 Å². The molecule has 1 rings (SSSR count). The number of halogens is 1. The maximum Gasteiger partial charge on any atom is 0.127 e. The fraction of sp³-hybridized carbons (Fsp3) is 0.400. The van der Waals surface area contributed by atoms with E-state index in [0.29, 0.717) is 18.9 Å². The van der Waals surface area contributed by atoms with Gasteiger partial charge in [0.05, 0.1) is 6.61 Å². The molecular formula is C10H14FNO. The summed E-state index contributed by atoms with van der Waals surface area (Å²) in [6.07, 6.45) is 0.911. The second kappa shape index (κ2) is 4.82. The molecule has 0 fully saturated rings. The molecule has 0 unspecified atom stereocenters. The molecule has 3 heteroatoms. The van der Waals surface area contributed by atoms with Gasteiger partial charge in [-0.05, 0) is 24.1 Å². The summed E-state index contributed by atoms with van der Waals surface area (Å²) in [5.74, 6) is 0.261. The highest BCUT2D eigenvalue weighted by atomic mass is 19.1. The first-order valence-electron chi connectivity index (χ1n) is 4.38. The molecule has 0 aliphatic rings. The van der Waals surface area contributed by atoms with E-state index in [0.717, 1.165) is 12.0 Å². The van der Waals surface area contributed by atoms with E-state index in [-0.39, 0.29) is 5.82 Å². The highest BCUT2D eigenvalue weighted by Crippen LogP contribution is 2.16. The lowest BCUT2D eigenvalue weighted by Gasteiger charge is -2.06. The van der Waals surface area contributed by atoms with Gasteiger partial charge in [0.15, 0.2) is 0 Å². The second-order valence-corrected chi connectivity index (χ2v) is 2.85. The van der Waals surface area contributed by atoms with Gasteiger partial charge in [0.25, 0.3) is 0 Å². The van der Waals surface area contributed by atoms with Gasteiger partial charge in [-0.3, -0.25) is 0 Å². The van der Waals surface area contributed by atoms with Crippen LogP contribution in [0.25, 0.3) is 0 Å². The summed E-state index contributed by atoms with van der Waals surface area (Å²) in [7, 11) is 0. The first-order chi connectivity index (χ1) is 6.26. The van der Waals surface area contributed by atoms with Crippen LogP contribution in [0, 0.1) is 5.82 Å². The third kappa shape index (κ3) is 3.03. The van der Waals surface area contributed by atoms with Crippen LogP contribution in [0.3, 0.4) is 0 Å². The van der Waals surface area contributed by atoms with Crippen molar-refractivity contribution in [3.05, 3.63) is 29.6 Å². The minimum Gasteiger partial charge on any atom is -0.493 e. The van der Waals surface area contributed by atoms with Crippen molar-refractivity contribution >= 4 is 0 Å². The molecule has 2 nitrogen and oxygen atoms in total. The first kappa shape index (κ1) is 9.99. The van der Waals surface area contributed by atoms with Crippen molar-refractivity contribution in [2.45, 2.75) is 19.9 Å². The number of benzene rings is 1. The SMILES string of the molecule is CCCOc1cc(F)cc(CN)c1. The number of ether oxygens (including phenoxy) is 1. The predicted molar refractivity (Wildman–Crippen MR) is 50.1 cm³/mol. The summed E-state index contributed by atoms with van der Waals surface area (Å²) < 4.78 is 18.2. The van der Waals surface area contributed by atoms with Crippen molar-refractivity contribution in [2.75, 3.05) is 6.61 Å². The fourth-order valence-electron chi connectivity index (χ4n) is 1.04. The van der Waals surface area contributed by atoms with Crippen LogP contribution in [-0.2, 0) is 6.54 Å². The number of hydrogen-bond donors (Lipinski definition) is 1. The van der Waals surface area contributed by atoms with E-state index in [4.69, 9.17) is 10.5 Å². The summed E-state index contributed by atoms with van der Waals surface area (Å²) in [6, 6.07) is 4.55. The smallest absolute Gasteiger partial charge is 0.127 e. The highest BCUT2D eigenvalue weighted by Gasteiger charge is 1.99. The van der Waals surface area contributed by atoms with E-state index < -0.39 is 0 Å². The van der Waals surface area contributed by atoms with Crippen LogP contribution >= 0.6 is 0 Å². The van der Waals surface area contributed by atoms with E-state index in [1.165, 1.54) is 12.1 Å². The van der Waals surface area contributed by atoms with Crippen LogP contribution in [0.4, 0.5) is 4.39 Å². The first-order valence-corrected chi connectivity index (χ1v) is 4.38. The zero-order chi connectivity index (χ0) is 9.68. The van der Waals surface area contributed by atoms with Crippen molar-refractivity contribution in [2.24, 2.45) is 5.73 Å². The Balaban J connectivity index is 2.76. The third-order valence-electron chi connectivity index (χ3n) is 1.64. The molecular weight excluding hydrogens is 169 g/mol.